The Balaban J connectivity index is 1.65. The Morgan fingerprint density at radius 3 is 2.03 bits per heavy atom. The molecule has 3 aromatic carbocycles. The predicted octanol–water partition coefficient (Wildman–Crippen LogP) is 4.77. The number of sulfone groups is 1. The minimum Gasteiger partial charge on any atom is -0.427 e. The molecule has 0 radical (unpaired) electrons. The third-order valence-corrected chi connectivity index (χ3v) is 6.63. The van der Waals surface area contributed by atoms with E-state index in [-0.39, 0.29) is 11.5 Å². The molecule has 0 N–H and O–H groups in total. The SMILES string of the molecule is CC(=O)Oc1ccc(-c2cnc(CS(=O)(=O)Cc3ccccc3)c(Cc3ccccc3)n2)cc1. The summed E-state index contributed by atoms with van der Waals surface area (Å²) in [5.74, 6) is -0.196. The van der Waals surface area contributed by atoms with Crippen molar-refractivity contribution in [3.63, 3.8) is 0 Å². The summed E-state index contributed by atoms with van der Waals surface area (Å²) in [7, 11) is -3.45. The number of carbonyl (C=O) groups is 1. The van der Waals surface area contributed by atoms with Gasteiger partial charge in [-0.15, -0.1) is 0 Å². The first-order valence-electron chi connectivity index (χ1n) is 10.8. The molecule has 1 heterocycles. The Bertz CT molecular complexity index is 1370. The van der Waals surface area contributed by atoms with E-state index in [1.807, 2.05) is 48.5 Å². The quantitative estimate of drug-likeness (QED) is 0.271. The van der Waals surface area contributed by atoms with Gasteiger partial charge in [0, 0.05) is 18.9 Å². The molecule has 0 aliphatic carbocycles. The van der Waals surface area contributed by atoms with E-state index < -0.39 is 15.8 Å². The summed E-state index contributed by atoms with van der Waals surface area (Å²) in [6, 6.07) is 25.8. The van der Waals surface area contributed by atoms with Crippen LogP contribution in [0, 0.1) is 0 Å². The third kappa shape index (κ3) is 6.36. The highest BCUT2D eigenvalue weighted by Gasteiger charge is 2.19. The van der Waals surface area contributed by atoms with Crippen molar-refractivity contribution in [3.05, 3.63) is 114 Å². The van der Waals surface area contributed by atoms with E-state index in [4.69, 9.17) is 9.72 Å². The Morgan fingerprint density at radius 1 is 0.794 bits per heavy atom. The van der Waals surface area contributed by atoms with Gasteiger partial charge >= 0.3 is 5.97 Å². The summed E-state index contributed by atoms with van der Waals surface area (Å²) in [4.78, 5) is 20.5. The van der Waals surface area contributed by atoms with Crippen molar-refractivity contribution in [2.45, 2.75) is 24.9 Å². The van der Waals surface area contributed by atoms with Gasteiger partial charge in [-0.3, -0.25) is 9.78 Å². The number of nitrogens with zero attached hydrogens (tertiary/aromatic N) is 2. The lowest BCUT2D eigenvalue weighted by Gasteiger charge is -2.12. The Hall–Kier alpha value is -3.84. The van der Waals surface area contributed by atoms with Crippen LogP contribution < -0.4 is 4.74 Å². The summed E-state index contributed by atoms with van der Waals surface area (Å²) in [6.07, 6.45) is 2.05. The number of carbonyl (C=O) groups excluding carboxylic acids is 1. The highest BCUT2D eigenvalue weighted by atomic mass is 32.2. The lowest BCUT2D eigenvalue weighted by molar-refractivity contribution is -0.131. The van der Waals surface area contributed by atoms with E-state index >= 15 is 0 Å². The molecule has 4 rings (SSSR count). The highest BCUT2D eigenvalue weighted by Crippen LogP contribution is 2.24. The molecule has 7 heteroatoms. The van der Waals surface area contributed by atoms with E-state index in [9.17, 15) is 13.2 Å². The second-order valence-electron chi connectivity index (χ2n) is 7.95. The zero-order chi connectivity index (χ0) is 24.0. The standard InChI is InChI=1S/C27H24N2O4S/c1-20(30)33-24-14-12-23(13-15-24)26-17-28-27(25(29-26)16-21-8-4-2-5-9-21)19-34(31,32)18-22-10-6-3-7-11-22/h2-15,17H,16,18-19H2,1H3. The van der Waals surface area contributed by atoms with Gasteiger partial charge in [0.15, 0.2) is 9.84 Å². The van der Waals surface area contributed by atoms with Crippen LogP contribution in [0.5, 0.6) is 5.75 Å². The first-order valence-corrected chi connectivity index (χ1v) is 12.6. The molecule has 0 fully saturated rings. The monoisotopic (exact) mass is 472 g/mol. The first kappa shape index (κ1) is 23.3. The zero-order valence-corrected chi connectivity index (χ0v) is 19.5. The second-order valence-corrected chi connectivity index (χ2v) is 10.0. The predicted molar refractivity (Wildman–Crippen MR) is 131 cm³/mol. The maximum Gasteiger partial charge on any atom is 0.308 e. The van der Waals surface area contributed by atoms with Crippen LogP contribution in [0.1, 0.15) is 29.4 Å². The van der Waals surface area contributed by atoms with Gasteiger partial charge in [-0.2, -0.15) is 0 Å². The Labute approximate surface area is 199 Å². The van der Waals surface area contributed by atoms with E-state index in [2.05, 4.69) is 4.98 Å². The van der Waals surface area contributed by atoms with E-state index in [1.165, 1.54) is 6.92 Å². The topological polar surface area (TPSA) is 86.2 Å². The third-order valence-electron chi connectivity index (χ3n) is 5.14. The molecule has 0 amide bonds. The number of rotatable bonds is 8. The van der Waals surface area contributed by atoms with E-state index in [0.717, 1.165) is 16.7 Å². The fourth-order valence-electron chi connectivity index (χ4n) is 3.59. The molecular formula is C27H24N2O4S. The Morgan fingerprint density at radius 2 is 1.41 bits per heavy atom. The molecule has 34 heavy (non-hydrogen) atoms. The average molecular weight is 473 g/mol. The first-order chi connectivity index (χ1) is 16.4. The molecule has 4 aromatic rings. The molecule has 172 valence electrons. The molecule has 0 aliphatic heterocycles. The van der Waals surface area contributed by atoms with Crippen LogP contribution >= 0.6 is 0 Å². The molecule has 0 saturated carbocycles. The van der Waals surface area contributed by atoms with Gasteiger partial charge in [-0.1, -0.05) is 60.7 Å². The van der Waals surface area contributed by atoms with Crippen LogP contribution in [0.2, 0.25) is 0 Å². The fraction of sp³-hybridized carbons (Fsp3) is 0.148. The smallest absolute Gasteiger partial charge is 0.308 e. The number of hydrogen-bond acceptors (Lipinski definition) is 6. The number of esters is 1. The number of ether oxygens (including phenoxy) is 1. The zero-order valence-electron chi connectivity index (χ0n) is 18.7. The van der Waals surface area contributed by atoms with Crippen molar-refractivity contribution >= 4 is 15.8 Å². The lowest BCUT2D eigenvalue weighted by Crippen LogP contribution is -2.12. The molecule has 0 atom stereocenters. The van der Waals surface area contributed by atoms with Crippen molar-refractivity contribution in [3.8, 4) is 17.0 Å². The average Bonchev–Trinajstić information content (AvgIpc) is 2.81. The van der Waals surface area contributed by atoms with E-state index in [1.54, 1.807) is 42.6 Å². The molecule has 0 unspecified atom stereocenters. The molecule has 0 aliphatic rings. The largest absolute Gasteiger partial charge is 0.427 e. The van der Waals surface area contributed by atoms with Gasteiger partial charge in [0.2, 0.25) is 0 Å². The van der Waals surface area contributed by atoms with Crippen LogP contribution in [0.25, 0.3) is 11.3 Å². The fourth-order valence-corrected chi connectivity index (χ4v) is 5.05. The van der Waals surface area contributed by atoms with Gasteiger partial charge in [-0.05, 0) is 35.4 Å². The molecule has 0 spiro atoms. The summed E-state index contributed by atoms with van der Waals surface area (Å²) >= 11 is 0. The van der Waals surface area contributed by atoms with E-state index in [0.29, 0.717) is 29.3 Å². The summed E-state index contributed by atoms with van der Waals surface area (Å²) in [6.45, 7) is 1.35. The molecule has 0 saturated heterocycles. The van der Waals surface area contributed by atoms with Crippen molar-refractivity contribution in [2.24, 2.45) is 0 Å². The van der Waals surface area contributed by atoms with Crippen molar-refractivity contribution in [1.82, 2.24) is 9.97 Å². The van der Waals surface area contributed by atoms with Crippen LogP contribution in [-0.4, -0.2) is 24.4 Å². The summed E-state index contributed by atoms with van der Waals surface area (Å²) in [5, 5.41) is 0. The van der Waals surface area contributed by atoms with Gasteiger partial charge in [-0.25, -0.2) is 13.4 Å². The second kappa shape index (κ2) is 10.4. The summed E-state index contributed by atoms with van der Waals surface area (Å²) < 4.78 is 31.0. The summed E-state index contributed by atoms with van der Waals surface area (Å²) in [5.41, 5.74) is 4.22. The van der Waals surface area contributed by atoms with Gasteiger partial charge < -0.3 is 4.74 Å². The number of aromatic nitrogens is 2. The van der Waals surface area contributed by atoms with Crippen LogP contribution in [-0.2, 0) is 32.6 Å². The lowest BCUT2D eigenvalue weighted by atomic mass is 10.1. The molecule has 6 nitrogen and oxygen atoms in total. The van der Waals surface area contributed by atoms with Gasteiger partial charge in [0.25, 0.3) is 0 Å². The molecule has 0 bridgehead atoms. The maximum atomic E-state index is 12.9. The Kier molecular flexibility index (Phi) is 7.13. The van der Waals surface area contributed by atoms with Gasteiger partial charge in [0.1, 0.15) is 5.75 Å². The van der Waals surface area contributed by atoms with Crippen LogP contribution in [0.4, 0.5) is 0 Å². The van der Waals surface area contributed by atoms with Crippen molar-refractivity contribution in [1.29, 1.82) is 0 Å². The molecule has 1 aromatic heterocycles. The molecular weight excluding hydrogens is 448 g/mol. The van der Waals surface area contributed by atoms with Gasteiger partial charge in [0.05, 0.1) is 34.8 Å². The van der Waals surface area contributed by atoms with Crippen LogP contribution in [0.3, 0.4) is 0 Å². The van der Waals surface area contributed by atoms with Crippen molar-refractivity contribution < 1.29 is 17.9 Å². The number of benzene rings is 3. The normalized spacial score (nSPS) is 11.2. The van der Waals surface area contributed by atoms with Crippen LogP contribution in [0.15, 0.2) is 91.1 Å². The minimum absolute atomic E-state index is 0.0559. The number of hydrogen-bond donors (Lipinski definition) is 0. The van der Waals surface area contributed by atoms with Crippen molar-refractivity contribution in [2.75, 3.05) is 0 Å². The minimum atomic E-state index is -3.45. The highest BCUT2D eigenvalue weighted by molar-refractivity contribution is 7.89. The maximum absolute atomic E-state index is 12.9.